The van der Waals surface area contributed by atoms with E-state index in [1.54, 1.807) is 0 Å². The van der Waals surface area contributed by atoms with Crippen molar-refractivity contribution in [2.75, 3.05) is 0 Å². The molecule has 78 valence electrons. The third-order valence-electron chi connectivity index (χ3n) is 2.52. The molecule has 0 fully saturated rings. The maximum atomic E-state index is 5.57. The van der Waals surface area contributed by atoms with Crippen molar-refractivity contribution in [3.05, 3.63) is 41.7 Å². The average molecular weight is 201 g/mol. The first-order valence-corrected chi connectivity index (χ1v) is 5.00. The second kappa shape index (κ2) is 3.87. The van der Waals surface area contributed by atoms with Crippen LogP contribution >= 0.6 is 0 Å². The highest BCUT2D eigenvalue weighted by atomic mass is 15.1. The Hall–Kier alpha value is -1.61. The van der Waals surface area contributed by atoms with Crippen molar-refractivity contribution in [3.63, 3.8) is 0 Å². The summed E-state index contributed by atoms with van der Waals surface area (Å²) in [5.41, 5.74) is 8.90. The van der Waals surface area contributed by atoms with Crippen LogP contribution in [0.25, 0.3) is 11.4 Å². The third kappa shape index (κ3) is 1.78. The Morgan fingerprint density at radius 3 is 2.67 bits per heavy atom. The van der Waals surface area contributed by atoms with Crippen molar-refractivity contribution in [2.24, 2.45) is 12.8 Å². The van der Waals surface area contributed by atoms with E-state index in [0.29, 0.717) is 6.54 Å². The van der Waals surface area contributed by atoms with Crippen molar-refractivity contribution >= 4 is 0 Å². The molecule has 15 heavy (non-hydrogen) atoms. The van der Waals surface area contributed by atoms with Gasteiger partial charge in [0.1, 0.15) is 5.82 Å². The van der Waals surface area contributed by atoms with E-state index < -0.39 is 0 Å². The van der Waals surface area contributed by atoms with Gasteiger partial charge >= 0.3 is 0 Å². The fraction of sp³-hybridized carbons (Fsp3) is 0.250. The highest BCUT2D eigenvalue weighted by Gasteiger charge is 2.08. The van der Waals surface area contributed by atoms with Crippen molar-refractivity contribution in [2.45, 2.75) is 13.5 Å². The van der Waals surface area contributed by atoms with Gasteiger partial charge in [-0.3, -0.25) is 0 Å². The molecule has 0 saturated heterocycles. The number of hydrogen-bond donors (Lipinski definition) is 1. The number of aromatic nitrogens is 2. The van der Waals surface area contributed by atoms with Crippen molar-refractivity contribution < 1.29 is 0 Å². The van der Waals surface area contributed by atoms with Gasteiger partial charge in [-0.1, -0.05) is 24.3 Å². The molecule has 0 aliphatic carbocycles. The lowest BCUT2D eigenvalue weighted by Gasteiger charge is -2.04. The monoisotopic (exact) mass is 201 g/mol. The summed E-state index contributed by atoms with van der Waals surface area (Å²) in [5.74, 6) is 0.980. The number of imidazole rings is 1. The standard InChI is InChI=1S/C12H15N3/c1-9-5-3-4-6-11(9)12-14-10(7-13)8-15(12)2/h3-6,8H,7,13H2,1-2H3. The zero-order chi connectivity index (χ0) is 10.8. The fourth-order valence-electron chi connectivity index (χ4n) is 1.70. The molecular weight excluding hydrogens is 186 g/mol. The second-order valence-electron chi connectivity index (χ2n) is 3.69. The minimum Gasteiger partial charge on any atom is -0.334 e. The Labute approximate surface area is 89.6 Å². The first kappa shape index (κ1) is 9.93. The molecule has 1 heterocycles. The summed E-state index contributed by atoms with van der Waals surface area (Å²) in [6.45, 7) is 2.58. The minimum absolute atomic E-state index is 0.486. The molecule has 0 aliphatic heterocycles. The molecule has 0 amide bonds. The summed E-state index contributed by atoms with van der Waals surface area (Å²) in [7, 11) is 1.99. The van der Waals surface area contributed by atoms with E-state index in [9.17, 15) is 0 Å². The number of benzene rings is 1. The quantitative estimate of drug-likeness (QED) is 0.806. The van der Waals surface area contributed by atoms with E-state index in [1.807, 2.05) is 29.9 Å². The van der Waals surface area contributed by atoms with Crippen LogP contribution in [0, 0.1) is 6.92 Å². The Morgan fingerprint density at radius 2 is 2.07 bits per heavy atom. The van der Waals surface area contributed by atoms with E-state index in [4.69, 9.17) is 5.73 Å². The Kier molecular flexibility index (Phi) is 2.56. The molecule has 3 nitrogen and oxygen atoms in total. The van der Waals surface area contributed by atoms with Crippen LogP contribution in [-0.2, 0) is 13.6 Å². The average Bonchev–Trinajstić information content (AvgIpc) is 2.60. The van der Waals surface area contributed by atoms with E-state index in [0.717, 1.165) is 11.5 Å². The van der Waals surface area contributed by atoms with Crippen LogP contribution in [-0.4, -0.2) is 9.55 Å². The smallest absolute Gasteiger partial charge is 0.140 e. The van der Waals surface area contributed by atoms with E-state index >= 15 is 0 Å². The molecule has 0 aliphatic rings. The molecule has 0 bridgehead atoms. The van der Waals surface area contributed by atoms with E-state index in [-0.39, 0.29) is 0 Å². The molecule has 2 aromatic rings. The van der Waals surface area contributed by atoms with Crippen LogP contribution in [0.5, 0.6) is 0 Å². The van der Waals surface area contributed by atoms with E-state index in [2.05, 4.69) is 24.0 Å². The van der Waals surface area contributed by atoms with Crippen molar-refractivity contribution in [1.29, 1.82) is 0 Å². The molecule has 0 atom stereocenters. The maximum Gasteiger partial charge on any atom is 0.140 e. The predicted octanol–water partition coefficient (Wildman–Crippen LogP) is 1.85. The van der Waals surface area contributed by atoms with Gasteiger partial charge < -0.3 is 10.3 Å². The molecule has 0 spiro atoms. The minimum atomic E-state index is 0.486. The van der Waals surface area contributed by atoms with Gasteiger partial charge in [0, 0.05) is 25.4 Å². The summed E-state index contributed by atoms with van der Waals surface area (Å²) in [5, 5.41) is 0. The molecule has 2 rings (SSSR count). The molecule has 0 saturated carbocycles. The first-order valence-electron chi connectivity index (χ1n) is 5.00. The normalized spacial score (nSPS) is 10.6. The molecular formula is C12H15N3. The molecule has 3 heteroatoms. The van der Waals surface area contributed by atoms with Crippen LogP contribution in [0.4, 0.5) is 0 Å². The topological polar surface area (TPSA) is 43.8 Å². The lowest BCUT2D eigenvalue weighted by molar-refractivity contribution is 0.920. The molecule has 0 radical (unpaired) electrons. The number of aryl methyl sites for hydroxylation is 2. The summed E-state index contributed by atoms with van der Waals surface area (Å²) < 4.78 is 2.02. The molecule has 1 aromatic carbocycles. The molecule has 0 unspecified atom stereocenters. The first-order chi connectivity index (χ1) is 7.22. The van der Waals surface area contributed by atoms with Gasteiger partial charge in [-0.15, -0.1) is 0 Å². The van der Waals surface area contributed by atoms with Crippen LogP contribution in [0.1, 0.15) is 11.3 Å². The lowest BCUT2D eigenvalue weighted by Crippen LogP contribution is -1.95. The Morgan fingerprint density at radius 1 is 1.33 bits per heavy atom. The van der Waals surface area contributed by atoms with Crippen molar-refractivity contribution in [3.8, 4) is 11.4 Å². The van der Waals surface area contributed by atoms with Gasteiger partial charge in [-0.2, -0.15) is 0 Å². The van der Waals surface area contributed by atoms with Gasteiger partial charge in [0.15, 0.2) is 0 Å². The van der Waals surface area contributed by atoms with Crippen LogP contribution < -0.4 is 5.73 Å². The third-order valence-corrected chi connectivity index (χ3v) is 2.52. The van der Waals surface area contributed by atoms with Crippen LogP contribution in [0.15, 0.2) is 30.5 Å². The van der Waals surface area contributed by atoms with E-state index in [1.165, 1.54) is 11.1 Å². The zero-order valence-electron chi connectivity index (χ0n) is 9.07. The SMILES string of the molecule is Cc1ccccc1-c1nc(CN)cn1C. The van der Waals surface area contributed by atoms with Gasteiger partial charge in [-0.25, -0.2) is 4.98 Å². The van der Waals surface area contributed by atoms with Gasteiger partial charge in [0.2, 0.25) is 0 Å². The Bertz CT molecular complexity index is 471. The summed E-state index contributed by atoms with van der Waals surface area (Å²) in [4.78, 5) is 4.50. The number of nitrogens with two attached hydrogens (primary N) is 1. The molecule has 1 aromatic heterocycles. The predicted molar refractivity (Wildman–Crippen MR) is 61.3 cm³/mol. The number of hydrogen-bond acceptors (Lipinski definition) is 2. The van der Waals surface area contributed by atoms with Crippen LogP contribution in [0.2, 0.25) is 0 Å². The summed E-state index contributed by atoms with van der Waals surface area (Å²) in [6, 6.07) is 8.23. The number of rotatable bonds is 2. The van der Waals surface area contributed by atoms with Gasteiger partial charge in [0.25, 0.3) is 0 Å². The summed E-state index contributed by atoms with van der Waals surface area (Å²) >= 11 is 0. The highest BCUT2D eigenvalue weighted by Crippen LogP contribution is 2.21. The Balaban J connectivity index is 2.54. The maximum absolute atomic E-state index is 5.57. The lowest BCUT2D eigenvalue weighted by atomic mass is 10.1. The highest BCUT2D eigenvalue weighted by molar-refractivity contribution is 5.60. The largest absolute Gasteiger partial charge is 0.334 e. The van der Waals surface area contributed by atoms with Crippen molar-refractivity contribution in [1.82, 2.24) is 9.55 Å². The second-order valence-corrected chi connectivity index (χ2v) is 3.69. The van der Waals surface area contributed by atoms with Gasteiger partial charge in [-0.05, 0) is 12.5 Å². The zero-order valence-corrected chi connectivity index (χ0v) is 9.07. The van der Waals surface area contributed by atoms with Gasteiger partial charge in [0.05, 0.1) is 5.69 Å². The fourth-order valence-corrected chi connectivity index (χ4v) is 1.70. The summed E-state index contributed by atoms with van der Waals surface area (Å²) in [6.07, 6.45) is 1.97. The number of nitrogens with zero attached hydrogens (tertiary/aromatic N) is 2. The van der Waals surface area contributed by atoms with Crippen LogP contribution in [0.3, 0.4) is 0 Å². The molecule has 2 N–H and O–H groups in total.